The van der Waals surface area contributed by atoms with Crippen LogP contribution in [0.15, 0.2) is 47.2 Å². The van der Waals surface area contributed by atoms with Crippen molar-refractivity contribution < 1.29 is 4.74 Å². The van der Waals surface area contributed by atoms with Crippen LogP contribution in [0.5, 0.6) is 5.75 Å². The number of aromatic nitrogens is 1. The van der Waals surface area contributed by atoms with Crippen molar-refractivity contribution in [3.63, 3.8) is 0 Å². The molecule has 3 rings (SSSR count). The molecule has 104 valence electrons. The number of halogens is 1. The molecule has 0 bridgehead atoms. The van der Waals surface area contributed by atoms with Gasteiger partial charge in [0.15, 0.2) is 0 Å². The first-order valence-electron chi connectivity index (χ1n) is 6.69. The number of rotatable bonds is 2. The molecule has 20 heavy (non-hydrogen) atoms. The first-order chi connectivity index (χ1) is 9.53. The smallest absolute Gasteiger partial charge is 0.125 e. The number of para-hydroxylation sites is 1. The summed E-state index contributed by atoms with van der Waals surface area (Å²) in [5.41, 5.74) is 2.05. The molecule has 3 nitrogen and oxygen atoms in total. The lowest BCUT2D eigenvalue weighted by Gasteiger charge is -2.38. The Hall–Kier alpha value is -1.55. The summed E-state index contributed by atoms with van der Waals surface area (Å²) in [6, 6.07) is 12.4. The molecule has 0 fully saturated rings. The van der Waals surface area contributed by atoms with E-state index in [4.69, 9.17) is 4.74 Å². The van der Waals surface area contributed by atoms with E-state index in [9.17, 15) is 0 Å². The lowest BCUT2D eigenvalue weighted by atomic mass is 9.89. The van der Waals surface area contributed by atoms with Gasteiger partial charge in [0.1, 0.15) is 16.0 Å². The molecule has 2 aromatic rings. The van der Waals surface area contributed by atoms with E-state index in [1.165, 1.54) is 5.56 Å². The normalized spacial score (nSPS) is 19.9. The third-order valence-corrected chi connectivity index (χ3v) is 3.91. The molecular weight excluding hydrogens is 316 g/mol. The van der Waals surface area contributed by atoms with E-state index in [1.807, 2.05) is 30.5 Å². The number of nitrogens with zero attached hydrogens (tertiary/aromatic N) is 1. The maximum absolute atomic E-state index is 6.04. The second-order valence-electron chi connectivity index (χ2n) is 5.67. The van der Waals surface area contributed by atoms with Gasteiger partial charge in [-0.3, -0.25) is 0 Å². The first kappa shape index (κ1) is 13.4. The molecule has 1 aliphatic rings. The molecule has 0 amide bonds. The Labute approximate surface area is 127 Å². The van der Waals surface area contributed by atoms with Gasteiger partial charge in [0.25, 0.3) is 0 Å². The van der Waals surface area contributed by atoms with Crippen molar-refractivity contribution in [1.29, 1.82) is 0 Å². The zero-order chi connectivity index (χ0) is 14.2. The minimum atomic E-state index is -0.172. The molecule has 0 saturated heterocycles. The lowest BCUT2D eigenvalue weighted by Crippen LogP contribution is -2.37. The van der Waals surface area contributed by atoms with Crippen LogP contribution in [-0.2, 0) is 0 Å². The van der Waals surface area contributed by atoms with Gasteiger partial charge in [0.2, 0.25) is 0 Å². The SMILES string of the molecule is CC1(C)CC(Nc2ccc(Br)nc2)c2ccccc2O1. The molecule has 0 radical (unpaired) electrons. The highest BCUT2D eigenvalue weighted by atomic mass is 79.9. The van der Waals surface area contributed by atoms with Gasteiger partial charge in [-0.1, -0.05) is 18.2 Å². The highest BCUT2D eigenvalue weighted by molar-refractivity contribution is 9.10. The number of benzene rings is 1. The van der Waals surface area contributed by atoms with Gasteiger partial charge in [0, 0.05) is 12.0 Å². The fourth-order valence-electron chi connectivity index (χ4n) is 2.59. The summed E-state index contributed by atoms with van der Waals surface area (Å²) < 4.78 is 6.89. The number of nitrogens with one attached hydrogen (secondary N) is 1. The molecule has 1 unspecified atom stereocenters. The molecule has 0 spiro atoms. The fourth-order valence-corrected chi connectivity index (χ4v) is 2.83. The minimum Gasteiger partial charge on any atom is -0.487 e. The van der Waals surface area contributed by atoms with E-state index in [1.54, 1.807) is 0 Å². The van der Waals surface area contributed by atoms with Crippen molar-refractivity contribution in [2.75, 3.05) is 5.32 Å². The van der Waals surface area contributed by atoms with Gasteiger partial charge in [0.05, 0.1) is 17.9 Å². The zero-order valence-electron chi connectivity index (χ0n) is 11.6. The van der Waals surface area contributed by atoms with E-state index < -0.39 is 0 Å². The second kappa shape index (κ2) is 5.09. The minimum absolute atomic E-state index is 0.172. The van der Waals surface area contributed by atoms with Crippen molar-refractivity contribution >= 4 is 21.6 Å². The van der Waals surface area contributed by atoms with Crippen LogP contribution in [0.25, 0.3) is 0 Å². The Morgan fingerprint density at radius 3 is 2.80 bits per heavy atom. The molecule has 1 aromatic heterocycles. The molecule has 1 N–H and O–H groups in total. The number of hydrogen-bond donors (Lipinski definition) is 1. The van der Waals surface area contributed by atoms with E-state index in [0.717, 1.165) is 22.5 Å². The highest BCUT2D eigenvalue weighted by Crippen LogP contribution is 2.40. The van der Waals surface area contributed by atoms with Crippen molar-refractivity contribution in [3.05, 3.63) is 52.8 Å². The molecule has 1 aromatic carbocycles. The number of fused-ring (bicyclic) bond motifs is 1. The molecule has 0 aliphatic carbocycles. The Balaban J connectivity index is 1.90. The molecular formula is C16H17BrN2O. The fraction of sp³-hybridized carbons (Fsp3) is 0.312. The number of anilines is 1. The van der Waals surface area contributed by atoms with Crippen LogP contribution in [0.2, 0.25) is 0 Å². The van der Waals surface area contributed by atoms with Crippen molar-refractivity contribution in [3.8, 4) is 5.75 Å². The van der Waals surface area contributed by atoms with Gasteiger partial charge in [-0.2, -0.15) is 0 Å². The molecule has 4 heteroatoms. The summed E-state index contributed by atoms with van der Waals surface area (Å²) in [6.07, 6.45) is 2.76. The molecule has 1 aliphatic heterocycles. The van der Waals surface area contributed by atoms with E-state index in [2.05, 4.69) is 52.2 Å². The lowest BCUT2D eigenvalue weighted by molar-refractivity contribution is 0.0759. The zero-order valence-corrected chi connectivity index (χ0v) is 13.1. The quantitative estimate of drug-likeness (QED) is 0.818. The number of hydrogen-bond acceptors (Lipinski definition) is 3. The summed E-state index contributed by atoms with van der Waals surface area (Å²) in [4.78, 5) is 4.26. The predicted octanol–water partition coefficient (Wildman–Crippen LogP) is 4.56. The van der Waals surface area contributed by atoms with Crippen LogP contribution < -0.4 is 10.1 Å². The first-order valence-corrected chi connectivity index (χ1v) is 7.49. The van der Waals surface area contributed by atoms with Crippen molar-refractivity contribution in [1.82, 2.24) is 4.98 Å². The van der Waals surface area contributed by atoms with Gasteiger partial charge in [-0.05, 0) is 48.0 Å². The highest BCUT2D eigenvalue weighted by Gasteiger charge is 2.33. The molecule has 0 saturated carbocycles. The van der Waals surface area contributed by atoms with Crippen molar-refractivity contribution in [2.45, 2.75) is 31.9 Å². The van der Waals surface area contributed by atoms with E-state index in [0.29, 0.717) is 0 Å². The van der Waals surface area contributed by atoms with Gasteiger partial charge >= 0.3 is 0 Å². The third kappa shape index (κ3) is 2.80. The Bertz CT molecular complexity index is 610. The molecule has 1 atom stereocenters. The average molecular weight is 333 g/mol. The summed E-state index contributed by atoms with van der Waals surface area (Å²) >= 11 is 3.36. The van der Waals surface area contributed by atoms with E-state index >= 15 is 0 Å². The summed E-state index contributed by atoms with van der Waals surface area (Å²) in [7, 11) is 0. The van der Waals surface area contributed by atoms with Crippen LogP contribution in [-0.4, -0.2) is 10.6 Å². The van der Waals surface area contributed by atoms with Crippen LogP contribution in [0, 0.1) is 0 Å². The number of ether oxygens (including phenoxy) is 1. The largest absolute Gasteiger partial charge is 0.487 e. The predicted molar refractivity (Wildman–Crippen MR) is 84.1 cm³/mol. The van der Waals surface area contributed by atoms with Crippen molar-refractivity contribution in [2.24, 2.45) is 0 Å². The summed E-state index contributed by atoms with van der Waals surface area (Å²) in [5.74, 6) is 0.964. The Kier molecular flexibility index (Phi) is 3.42. The Morgan fingerprint density at radius 2 is 2.05 bits per heavy atom. The third-order valence-electron chi connectivity index (χ3n) is 3.44. The van der Waals surface area contributed by atoms with Gasteiger partial charge in [-0.25, -0.2) is 4.98 Å². The topological polar surface area (TPSA) is 34.2 Å². The monoisotopic (exact) mass is 332 g/mol. The van der Waals surface area contributed by atoms with Crippen LogP contribution in [0.4, 0.5) is 5.69 Å². The number of pyridine rings is 1. The average Bonchev–Trinajstić information content (AvgIpc) is 2.40. The van der Waals surface area contributed by atoms with Crippen LogP contribution in [0.3, 0.4) is 0 Å². The van der Waals surface area contributed by atoms with Gasteiger partial charge in [-0.15, -0.1) is 0 Å². The van der Waals surface area contributed by atoms with E-state index in [-0.39, 0.29) is 11.6 Å². The second-order valence-corrected chi connectivity index (χ2v) is 6.48. The summed E-state index contributed by atoms with van der Waals surface area (Å²) in [5, 5.41) is 3.56. The van der Waals surface area contributed by atoms with Gasteiger partial charge < -0.3 is 10.1 Å². The molecule has 2 heterocycles. The Morgan fingerprint density at radius 1 is 1.25 bits per heavy atom. The maximum Gasteiger partial charge on any atom is 0.125 e. The van der Waals surface area contributed by atoms with Crippen LogP contribution >= 0.6 is 15.9 Å². The summed E-state index contributed by atoms with van der Waals surface area (Å²) in [6.45, 7) is 4.24. The maximum atomic E-state index is 6.04. The standard InChI is InChI=1S/C16H17BrN2O/c1-16(2)9-13(12-5-3-4-6-14(12)20-16)19-11-7-8-15(17)18-10-11/h3-8,10,13,19H,9H2,1-2H3. The van der Waals surface area contributed by atoms with Crippen LogP contribution in [0.1, 0.15) is 31.9 Å².